The molecular formula is C40H50F2N6O6S. The number of halogens is 2. The van der Waals surface area contributed by atoms with Crippen LogP contribution in [-0.4, -0.2) is 95.7 Å². The van der Waals surface area contributed by atoms with Gasteiger partial charge in [-0.1, -0.05) is 24.6 Å². The number of fused-ring (bicyclic) bond motifs is 2. The highest BCUT2D eigenvalue weighted by atomic mass is 32.2. The number of carboxylic acids is 1. The molecule has 1 aromatic carbocycles. The van der Waals surface area contributed by atoms with Gasteiger partial charge in [-0.25, -0.2) is 17.3 Å². The van der Waals surface area contributed by atoms with Crippen LogP contribution in [0.5, 0.6) is 11.8 Å². The lowest BCUT2D eigenvalue weighted by atomic mass is 9.70. The molecule has 3 aromatic heterocycles. The highest BCUT2D eigenvalue weighted by Crippen LogP contribution is 2.44. The Morgan fingerprint density at radius 2 is 1.80 bits per heavy atom. The molecule has 0 aliphatic carbocycles. The number of likely N-dealkylation sites (tertiary alicyclic amines) is 1. The van der Waals surface area contributed by atoms with Gasteiger partial charge in [-0.3, -0.25) is 14.1 Å². The second kappa shape index (κ2) is 15.8. The number of aromatic nitrogens is 4. The Morgan fingerprint density at radius 3 is 2.51 bits per heavy atom. The number of pyridine rings is 2. The third-order valence-corrected chi connectivity index (χ3v) is 12.9. The average Bonchev–Trinajstić information content (AvgIpc) is 3.57. The second-order valence-electron chi connectivity index (χ2n) is 15.7. The summed E-state index contributed by atoms with van der Waals surface area (Å²) >= 11 is 0. The van der Waals surface area contributed by atoms with E-state index in [0.717, 1.165) is 41.9 Å². The van der Waals surface area contributed by atoms with Crippen LogP contribution in [0.2, 0.25) is 0 Å². The van der Waals surface area contributed by atoms with E-state index in [-0.39, 0.29) is 12.2 Å². The molecule has 12 nitrogen and oxygen atoms in total. The number of carboxylic acid groups (broad SMARTS) is 1. The number of alkyl halides is 2. The predicted octanol–water partition coefficient (Wildman–Crippen LogP) is 6.56. The van der Waals surface area contributed by atoms with E-state index in [1.807, 2.05) is 42.4 Å². The van der Waals surface area contributed by atoms with Gasteiger partial charge in [0.1, 0.15) is 28.1 Å². The molecule has 55 heavy (non-hydrogen) atoms. The van der Waals surface area contributed by atoms with Crippen molar-refractivity contribution >= 4 is 22.6 Å². The van der Waals surface area contributed by atoms with Crippen molar-refractivity contribution in [2.75, 3.05) is 46.0 Å². The van der Waals surface area contributed by atoms with Crippen LogP contribution >= 0.6 is 0 Å². The number of nitrogens with zero attached hydrogens (tertiary/aromatic N) is 6. The van der Waals surface area contributed by atoms with E-state index in [9.17, 15) is 22.9 Å². The third-order valence-electron chi connectivity index (χ3n) is 11.5. The van der Waals surface area contributed by atoms with E-state index in [1.54, 1.807) is 26.8 Å². The standard InChI is InChI=1S/C40H50F2N6O6S/c1-25-9-10-28(32(39(4,5)38(49)50)30-11-16-48-34(27(30)3)44-45-35(48)33(41)42)22-29(25)23-47-24-40(12-18-52-19-13-40)54-37-31(55(47)51)21-26(2)36(43-37)53-20-17-46-14-7-6-8-15-46/h9-11,16,21-22,32-33H,6-8,12-15,17-20,23-24H2,1-5H3,(H,49,50). The molecule has 2 fully saturated rings. The predicted molar refractivity (Wildman–Crippen MR) is 202 cm³/mol. The molecule has 15 heteroatoms. The minimum atomic E-state index is -2.82. The van der Waals surface area contributed by atoms with Crippen molar-refractivity contribution in [1.82, 2.24) is 28.8 Å². The first-order valence-electron chi connectivity index (χ1n) is 19.0. The largest absolute Gasteiger partial charge is 0.481 e. The van der Waals surface area contributed by atoms with Crippen LogP contribution in [-0.2, 0) is 27.1 Å². The number of carbonyl (C=O) groups is 1. The summed E-state index contributed by atoms with van der Waals surface area (Å²) in [5.74, 6) is -1.40. The molecule has 0 amide bonds. The lowest BCUT2D eigenvalue weighted by molar-refractivity contribution is -0.147. The zero-order chi connectivity index (χ0) is 39.1. The second-order valence-corrected chi connectivity index (χ2v) is 17.2. The fourth-order valence-electron chi connectivity index (χ4n) is 8.15. The molecule has 296 valence electrons. The average molecular weight is 781 g/mol. The summed E-state index contributed by atoms with van der Waals surface area (Å²) in [4.78, 5) is 20.6. The molecule has 1 spiro atoms. The van der Waals surface area contributed by atoms with Crippen molar-refractivity contribution in [2.24, 2.45) is 5.41 Å². The zero-order valence-electron chi connectivity index (χ0n) is 32.1. The van der Waals surface area contributed by atoms with E-state index in [4.69, 9.17) is 19.2 Å². The van der Waals surface area contributed by atoms with Crippen LogP contribution in [0, 0.1) is 26.2 Å². The van der Waals surface area contributed by atoms with Gasteiger partial charge < -0.3 is 19.3 Å². The van der Waals surface area contributed by atoms with Gasteiger partial charge in [0.25, 0.3) is 6.43 Å². The van der Waals surface area contributed by atoms with Gasteiger partial charge in [0, 0.05) is 43.6 Å². The van der Waals surface area contributed by atoms with Crippen LogP contribution in [0.25, 0.3) is 5.65 Å². The summed E-state index contributed by atoms with van der Waals surface area (Å²) < 4.78 is 63.9. The lowest BCUT2D eigenvalue weighted by Gasteiger charge is -2.38. The first kappa shape index (κ1) is 39.2. The van der Waals surface area contributed by atoms with Crippen molar-refractivity contribution in [3.8, 4) is 11.8 Å². The summed E-state index contributed by atoms with van der Waals surface area (Å²) in [6, 6.07) is 9.37. The quantitative estimate of drug-likeness (QED) is 0.179. The Bertz CT molecular complexity index is 2080. The highest BCUT2D eigenvalue weighted by Gasteiger charge is 2.44. The van der Waals surface area contributed by atoms with E-state index >= 15 is 0 Å². The van der Waals surface area contributed by atoms with Gasteiger partial charge in [0.2, 0.25) is 17.6 Å². The highest BCUT2D eigenvalue weighted by molar-refractivity contribution is 7.82. The van der Waals surface area contributed by atoms with Gasteiger partial charge in [-0.15, -0.1) is 10.2 Å². The molecule has 6 heterocycles. The maximum absolute atomic E-state index is 14.7. The monoisotopic (exact) mass is 780 g/mol. The van der Waals surface area contributed by atoms with Gasteiger partial charge in [-0.05, 0) is 100 Å². The van der Waals surface area contributed by atoms with E-state index in [2.05, 4.69) is 15.1 Å². The minimum Gasteiger partial charge on any atom is -0.481 e. The zero-order valence-corrected chi connectivity index (χ0v) is 33.0. The molecule has 2 saturated heterocycles. The summed E-state index contributed by atoms with van der Waals surface area (Å²) in [6.45, 7) is 14.0. The fourth-order valence-corrected chi connectivity index (χ4v) is 9.55. The van der Waals surface area contributed by atoms with Crippen LogP contribution in [0.1, 0.15) is 97.5 Å². The number of aryl methyl sites for hydroxylation is 3. The molecule has 0 bridgehead atoms. The van der Waals surface area contributed by atoms with E-state index in [1.165, 1.54) is 29.9 Å². The Labute approximate surface area is 322 Å². The Kier molecular flexibility index (Phi) is 11.3. The molecule has 2 unspecified atom stereocenters. The number of hydrogen-bond donors (Lipinski definition) is 1. The molecule has 1 N–H and O–H groups in total. The van der Waals surface area contributed by atoms with Crippen molar-refractivity contribution < 1.29 is 37.1 Å². The Balaban J connectivity index is 1.23. The number of piperidine rings is 1. The van der Waals surface area contributed by atoms with Crippen molar-refractivity contribution in [2.45, 2.75) is 96.1 Å². The van der Waals surface area contributed by atoms with E-state index in [0.29, 0.717) is 67.0 Å². The van der Waals surface area contributed by atoms with Gasteiger partial charge in [0.05, 0.1) is 25.2 Å². The maximum Gasteiger partial charge on any atom is 0.310 e. The first-order chi connectivity index (χ1) is 26.3. The molecule has 0 radical (unpaired) electrons. The molecule has 0 saturated carbocycles. The number of rotatable bonds is 11. The normalized spacial score (nSPS) is 20.0. The smallest absolute Gasteiger partial charge is 0.310 e. The summed E-state index contributed by atoms with van der Waals surface area (Å²) in [5.41, 5.74) is 2.72. The molecular weight excluding hydrogens is 731 g/mol. The third kappa shape index (κ3) is 7.85. The minimum absolute atomic E-state index is 0.242. The topological polar surface area (TPSA) is 132 Å². The van der Waals surface area contributed by atoms with Crippen LogP contribution in [0.4, 0.5) is 8.78 Å². The Hall–Kier alpha value is -4.05. The van der Waals surface area contributed by atoms with Crippen molar-refractivity contribution in [3.63, 3.8) is 0 Å². The molecule has 3 aliphatic rings. The molecule has 3 aliphatic heterocycles. The number of ether oxygens (including phenoxy) is 3. The number of hydrogen-bond acceptors (Lipinski definition) is 9. The van der Waals surface area contributed by atoms with Crippen molar-refractivity contribution in [1.29, 1.82) is 0 Å². The lowest BCUT2D eigenvalue weighted by Crippen LogP contribution is -2.49. The SMILES string of the molecule is Cc1ccc(C(c2ccn3c(C(F)F)nnc3c2C)C(C)(C)C(=O)O)cc1CN1CC2(CCOCC2)Oc2nc(OCCN3CCCCC3)c(C)cc2S1=O. The summed E-state index contributed by atoms with van der Waals surface area (Å²) in [6.07, 6.45) is 3.51. The van der Waals surface area contributed by atoms with Crippen LogP contribution in [0.3, 0.4) is 0 Å². The maximum atomic E-state index is 14.7. The first-order valence-corrected chi connectivity index (χ1v) is 20.1. The molecule has 7 rings (SSSR count). The van der Waals surface area contributed by atoms with E-state index < -0.39 is 46.1 Å². The van der Waals surface area contributed by atoms with Crippen molar-refractivity contribution in [3.05, 3.63) is 75.7 Å². The summed E-state index contributed by atoms with van der Waals surface area (Å²) in [7, 11) is -1.67. The summed E-state index contributed by atoms with van der Waals surface area (Å²) in [5, 5.41) is 18.3. The van der Waals surface area contributed by atoms with Gasteiger partial charge in [-0.2, -0.15) is 4.98 Å². The van der Waals surface area contributed by atoms with Crippen LogP contribution < -0.4 is 9.47 Å². The van der Waals surface area contributed by atoms with Crippen LogP contribution in [0.15, 0.2) is 41.4 Å². The van der Waals surface area contributed by atoms with Gasteiger partial charge in [0.15, 0.2) is 5.65 Å². The molecule has 2 atom stereocenters. The fraction of sp³-hybridized carbons (Fsp3) is 0.550. The van der Waals surface area contributed by atoms with Gasteiger partial charge >= 0.3 is 5.97 Å². The Morgan fingerprint density at radius 1 is 1.05 bits per heavy atom. The number of aliphatic carboxylic acids is 1. The molecule has 4 aromatic rings. The number of benzene rings is 1.